The fraction of sp³-hybridized carbons (Fsp3) is 0.450. The van der Waals surface area contributed by atoms with E-state index < -0.39 is 0 Å². The van der Waals surface area contributed by atoms with Crippen molar-refractivity contribution in [2.24, 2.45) is 5.92 Å². The minimum atomic E-state index is 0.787. The molecule has 2 heterocycles. The van der Waals surface area contributed by atoms with Crippen molar-refractivity contribution in [1.82, 2.24) is 4.90 Å². The molecule has 2 aromatic rings. The van der Waals surface area contributed by atoms with Gasteiger partial charge < -0.3 is 10.1 Å². The third kappa shape index (κ3) is 4.81. The second-order valence-electron chi connectivity index (χ2n) is 6.90. The van der Waals surface area contributed by atoms with Crippen molar-refractivity contribution in [3.05, 3.63) is 69.1 Å². The lowest BCUT2D eigenvalue weighted by Crippen LogP contribution is -2.35. The monoisotopic (exact) mass is 388 g/mol. The number of nitrogens with zero attached hydrogens (tertiary/aromatic N) is 2. The Hall–Kier alpha value is -1.39. The number of halogens is 1. The summed E-state index contributed by atoms with van der Waals surface area (Å²) < 4.78 is 2.09. The van der Waals surface area contributed by atoms with Crippen LogP contribution < -0.4 is 4.73 Å². The zero-order valence-electron chi connectivity index (χ0n) is 14.2. The molecule has 4 heteroatoms. The first kappa shape index (κ1) is 17.4. The van der Waals surface area contributed by atoms with Crippen LogP contribution in [0.25, 0.3) is 0 Å². The summed E-state index contributed by atoms with van der Waals surface area (Å²) >= 11 is 3.69. The van der Waals surface area contributed by atoms with Gasteiger partial charge in [0.05, 0.1) is 0 Å². The zero-order chi connectivity index (χ0) is 16.9. The summed E-state index contributed by atoms with van der Waals surface area (Å²) in [6.07, 6.45) is 7.92. The molecule has 0 amide bonds. The van der Waals surface area contributed by atoms with Crippen molar-refractivity contribution in [3.63, 3.8) is 0 Å². The molecule has 3 rings (SSSR count). The molecule has 0 radical (unpaired) electrons. The molecule has 1 fully saturated rings. The number of pyridine rings is 1. The topological polar surface area (TPSA) is 30.2 Å². The minimum Gasteiger partial charge on any atom is -0.619 e. The maximum absolute atomic E-state index is 11.1. The maximum Gasteiger partial charge on any atom is 0.180 e. The standard InChI is InChI=1S/C20H25BrN2O/c1-16-2-3-20(21)19(14-16)15-18-5-10-22(11-6-18)9-4-17-7-12-23(24)13-8-17/h2-3,7-8,12-14,18H,4-6,9-11,15H2,1H3. The molecule has 0 spiro atoms. The number of likely N-dealkylation sites (tertiary alicyclic amines) is 1. The van der Waals surface area contributed by atoms with Crippen LogP contribution in [-0.4, -0.2) is 24.5 Å². The Morgan fingerprint density at radius 3 is 2.58 bits per heavy atom. The number of aromatic nitrogens is 1. The lowest BCUT2D eigenvalue weighted by atomic mass is 9.89. The molecule has 0 aliphatic carbocycles. The van der Waals surface area contributed by atoms with Crippen LogP contribution in [0.1, 0.15) is 29.5 Å². The van der Waals surface area contributed by atoms with Crippen LogP contribution in [0.3, 0.4) is 0 Å². The van der Waals surface area contributed by atoms with Gasteiger partial charge in [-0.2, -0.15) is 4.73 Å². The van der Waals surface area contributed by atoms with Gasteiger partial charge in [0, 0.05) is 23.2 Å². The molecule has 1 aromatic heterocycles. The summed E-state index contributed by atoms with van der Waals surface area (Å²) in [5.41, 5.74) is 4.03. The van der Waals surface area contributed by atoms with E-state index in [0.29, 0.717) is 0 Å². The van der Waals surface area contributed by atoms with E-state index in [1.165, 1.54) is 53.5 Å². The normalized spacial score (nSPS) is 16.4. The molecule has 24 heavy (non-hydrogen) atoms. The summed E-state index contributed by atoms with van der Waals surface area (Å²) in [5, 5.41) is 11.1. The Morgan fingerprint density at radius 1 is 1.17 bits per heavy atom. The molecule has 0 atom stereocenters. The zero-order valence-corrected chi connectivity index (χ0v) is 15.8. The first-order valence-corrected chi connectivity index (χ1v) is 9.54. The Morgan fingerprint density at radius 2 is 1.88 bits per heavy atom. The SMILES string of the molecule is Cc1ccc(Br)c(CC2CCN(CCc3cc[n+]([O-])cc3)CC2)c1. The van der Waals surface area contributed by atoms with E-state index in [9.17, 15) is 5.21 Å². The Bertz CT molecular complexity index is 664. The van der Waals surface area contributed by atoms with E-state index in [1.807, 2.05) is 12.1 Å². The molecule has 0 unspecified atom stereocenters. The smallest absolute Gasteiger partial charge is 0.180 e. The average molecular weight is 389 g/mol. The molecule has 0 bridgehead atoms. The third-order valence-corrected chi connectivity index (χ3v) is 5.78. The second kappa shape index (κ2) is 8.13. The van der Waals surface area contributed by atoms with Crippen LogP contribution in [0.5, 0.6) is 0 Å². The first-order valence-electron chi connectivity index (χ1n) is 8.75. The fourth-order valence-corrected chi connectivity index (χ4v) is 3.89. The summed E-state index contributed by atoms with van der Waals surface area (Å²) in [4.78, 5) is 2.56. The van der Waals surface area contributed by atoms with E-state index in [-0.39, 0.29) is 0 Å². The number of hydrogen-bond donors (Lipinski definition) is 0. The van der Waals surface area contributed by atoms with E-state index >= 15 is 0 Å². The van der Waals surface area contributed by atoms with Crippen molar-refractivity contribution < 1.29 is 4.73 Å². The predicted molar refractivity (Wildman–Crippen MR) is 101 cm³/mol. The predicted octanol–water partition coefficient (Wildman–Crippen LogP) is 3.89. The van der Waals surface area contributed by atoms with Crippen LogP contribution in [0, 0.1) is 18.0 Å². The molecular formula is C20H25BrN2O. The number of rotatable bonds is 5. The second-order valence-corrected chi connectivity index (χ2v) is 7.75. The summed E-state index contributed by atoms with van der Waals surface area (Å²) in [6, 6.07) is 10.5. The molecule has 1 aromatic carbocycles. The van der Waals surface area contributed by atoms with Gasteiger partial charge in [-0.15, -0.1) is 0 Å². The van der Waals surface area contributed by atoms with Crippen LogP contribution in [0.15, 0.2) is 47.2 Å². The molecule has 1 aliphatic heterocycles. The molecular weight excluding hydrogens is 364 g/mol. The number of hydrogen-bond acceptors (Lipinski definition) is 2. The van der Waals surface area contributed by atoms with Crippen molar-refractivity contribution in [2.45, 2.75) is 32.6 Å². The van der Waals surface area contributed by atoms with E-state index in [0.717, 1.165) is 23.6 Å². The van der Waals surface area contributed by atoms with E-state index in [4.69, 9.17) is 0 Å². The fourth-order valence-electron chi connectivity index (χ4n) is 3.48. The lowest BCUT2D eigenvalue weighted by Gasteiger charge is -2.32. The summed E-state index contributed by atoms with van der Waals surface area (Å²) in [7, 11) is 0. The largest absolute Gasteiger partial charge is 0.619 e. The van der Waals surface area contributed by atoms with Crippen molar-refractivity contribution >= 4 is 15.9 Å². The number of piperidine rings is 1. The maximum atomic E-state index is 11.1. The quantitative estimate of drug-likeness (QED) is 0.574. The first-order chi connectivity index (χ1) is 11.6. The molecule has 1 saturated heterocycles. The highest BCUT2D eigenvalue weighted by Crippen LogP contribution is 2.26. The Balaban J connectivity index is 1.45. The van der Waals surface area contributed by atoms with Gasteiger partial charge in [0.2, 0.25) is 0 Å². The van der Waals surface area contributed by atoms with Gasteiger partial charge in [0.25, 0.3) is 0 Å². The van der Waals surface area contributed by atoms with Gasteiger partial charge in [-0.1, -0.05) is 33.6 Å². The van der Waals surface area contributed by atoms with Gasteiger partial charge in [-0.25, -0.2) is 0 Å². The highest BCUT2D eigenvalue weighted by molar-refractivity contribution is 9.10. The van der Waals surface area contributed by atoms with Gasteiger partial charge in [0.15, 0.2) is 12.4 Å². The molecule has 0 saturated carbocycles. The van der Waals surface area contributed by atoms with Crippen LogP contribution >= 0.6 is 15.9 Å². The summed E-state index contributed by atoms with van der Waals surface area (Å²) in [5.74, 6) is 0.787. The van der Waals surface area contributed by atoms with Crippen molar-refractivity contribution in [2.75, 3.05) is 19.6 Å². The van der Waals surface area contributed by atoms with Gasteiger partial charge >= 0.3 is 0 Å². The highest BCUT2D eigenvalue weighted by Gasteiger charge is 2.20. The van der Waals surface area contributed by atoms with E-state index in [2.05, 4.69) is 46.0 Å². The molecule has 128 valence electrons. The minimum absolute atomic E-state index is 0.787. The average Bonchev–Trinajstić information content (AvgIpc) is 2.59. The number of benzene rings is 1. The van der Waals surface area contributed by atoms with Gasteiger partial charge in [-0.05, 0) is 68.8 Å². The van der Waals surface area contributed by atoms with Gasteiger partial charge in [-0.3, -0.25) is 0 Å². The number of aryl methyl sites for hydroxylation is 1. The van der Waals surface area contributed by atoms with E-state index in [1.54, 1.807) is 12.4 Å². The van der Waals surface area contributed by atoms with Crippen LogP contribution in [-0.2, 0) is 12.8 Å². The van der Waals surface area contributed by atoms with Crippen LogP contribution in [0.4, 0.5) is 0 Å². The van der Waals surface area contributed by atoms with Gasteiger partial charge in [0.1, 0.15) is 0 Å². The lowest BCUT2D eigenvalue weighted by molar-refractivity contribution is -0.605. The molecule has 0 N–H and O–H groups in total. The van der Waals surface area contributed by atoms with Crippen molar-refractivity contribution in [1.29, 1.82) is 0 Å². The van der Waals surface area contributed by atoms with Crippen LogP contribution in [0.2, 0.25) is 0 Å². The Kier molecular flexibility index (Phi) is 5.90. The van der Waals surface area contributed by atoms with Crippen molar-refractivity contribution in [3.8, 4) is 0 Å². The highest BCUT2D eigenvalue weighted by atomic mass is 79.9. The third-order valence-electron chi connectivity index (χ3n) is 5.00. The molecule has 3 nitrogen and oxygen atoms in total. The molecule has 1 aliphatic rings. The Labute approximate surface area is 153 Å². The summed E-state index contributed by atoms with van der Waals surface area (Å²) in [6.45, 7) is 5.62.